The van der Waals surface area contributed by atoms with E-state index in [1.165, 1.54) is 19.3 Å². The van der Waals surface area contributed by atoms with Crippen molar-refractivity contribution in [3.05, 3.63) is 23.7 Å². The van der Waals surface area contributed by atoms with Crippen LogP contribution in [0.3, 0.4) is 0 Å². The third kappa shape index (κ3) is 2.68. The van der Waals surface area contributed by atoms with Crippen LogP contribution in [0.15, 0.2) is 21.1 Å². The molecule has 7 nitrogen and oxygen atoms in total. The van der Waals surface area contributed by atoms with E-state index in [0.717, 1.165) is 11.3 Å². The van der Waals surface area contributed by atoms with Crippen LogP contribution in [0.5, 0.6) is 0 Å². The first-order chi connectivity index (χ1) is 8.38. The van der Waals surface area contributed by atoms with Crippen LogP contribution in [0.2, 0.25) is 0 Å². The van der Waals surface area contributed by atoms with Gasteiger partial charge in [0, 0.05) is 16.7 Å². The fourth-order valence-corrected chi connectivity index (χ4v) is 3.50. The fourth-order valence-electron chi connectivity index (χ4n) is 1.15. The Morgan fingerprint density at radius 1 is 1.56 bits per heavy atom. The number of hydrogen-bond acceptors (Lipinski definition) is 7. The number of anilines is 1. The fraction of sp³-hybridized carbons (Fsp3) is 0.125. The summed E-state index contributed by atoms with van der Waals surface area (Å²) in [5, 5.41) is 5.96. The number of rotatable bonds is 3. The van der Waals surface area contributed by atoms with Crippen molar-refractivity contribution in [1.29, 1.82) is 0 Å². The number of nitrogens with one attached hydrogen (secondary N) is 1. The van der Waals surface area contributed by atoms with Crippen molar-refractivity contribution >= 4 is 42.1 Å². The van der Waals surface area contributed by atoms with Gasteiger partial charge in [0.1, 0.15) is 6.26 Å². The molecule has 2 heterocycles. The van der Waals surface area contributed by atoms with Crippen molar-refractivity contribution in [2.24, 2.45) is 0 Å². The Kier molecular flexibility index (Phi) is 3.37. The van der Waals surface area contributed by atoms with E-state index in [9.17, 15) is 13.2 Å². The van der Waals surface area contributed by atoms with Crippen molar-refractivity contribution in [3.63, 3.8) is 0 Å². The second kappa shape index (κ2) is 4.67. The number of thiazole rings is 1. The summed E-state index contributed by atoms with van der Waals surface area (Å²) < 4.78 is 26.8. The minimum absolute atomic E-state index is 0.0677. The van der Waals surface area contributed by atoms with Gasteiger partial charge in [0.15, 0.2) is 15.0 Å². The number of amides is 1. The van der Waals surface area contributed by atoms with Crippen LogP contribution >= 0.6 is 22.0 Å². The Morgan fingerprint density at radius 2 is 2.28 bits per heavy atom. The lowest BCUT2D eigenvalue weighted by Crippen LogP contribution is -2.11. The van der Waals surface area contributed by atoms with Gasteiger partial charge in [0.05, 0.1) is 5.69 Å². The molecule has 1 N–H and O–H groups in total. The molecule has 0 saturated heterocycles. The normalized spacial score (nSPS) is 11.4. The number of aromatic nitrogens is 2. The number of nitrogens with zero attached hydrogens (tertiary/aromatic N) is 2. The molecule has 2 rings (SSSR count). The summed E-state index contributed by atoms with van der Waals surface area (Å²) in [6, 6.07) is 1.37. The van der Waals surface area contributed by atoms with Crippen LogP contribution in [0.1, 0.15) is 16.2 Å². The highest BCUT2D eigenvalue weighted by atomic mass is 35.7. The van der Waals surface area contributed by atoms with Gasteiger partial charge in [0.2, 0.25) is 0 Å². The molecule has 0 saturated carbocycles. The second-order valence-electron chi connectivity index (χ2n) is 3.17. The summed E-state index contributed by atoms with van der Waals surface area (Å²) in [6.45, 7) is 1.48. The zero-order valence-electron chi connectivity index (χ0n) is 8.88. The molecule has 0 radical (unpaired) electrons. The summed E-state index contributed by atoms with van der Waals surface area (Å²) in [4.78, 5) is 15.5. The molecule has 0 aliphatic rings. The molecule has 0 fully saturated rings. The van der Waals surface area contributed by atoms with Crippen LogP contribution in [0.4, 0.5) is 5.13 Å². The van der Waals surface area contributed by atoms with E-state index in [1.54, 1.807) is 0 Å². The standard InChI is InChI=1S/C8H6ClN3O4S2/c1-4-7(18(9,14)15)17-8(10-4)11-6(13)5-2-3-16-12-5/h2-3H,1H3,(H,10,11,13). The predicted molar refractivity (Wildman–Crippen MR) is 64.3 cm³/mol. The maximum absolute atomic E-state index is 11.6. The highest BCUT2D eigenvalue weighted by Gasteiger charge is 2.20. The molecule has 10 heteroatoms. The summed E-state index contributed by atoms with van der Waals surface area (Å²) in [6.07, 6.45) is 1.25. The zero-order chi connectivity index (χ0) is 13.3. The number of carbonyl (C=O) groups excluding carboxylic acids is 1. The lowest BCUT2D eigenvalue weighted by atomic mass is 10.4. The maximum Gasteiger partial charge on any atom is 0.279 e. The van der Waals surface area contributed by atoms with Gasteiger partial charge in [-0.05, 0) is 6.92 Å². The number of halogens is 1. The molecule has 0 aliphatic heterocycles. The lowest BCUT2D eigenvalue weighted by Gasteiger charge is -1.95. The van der Waals surface area contributed by atoms with Gasteiger partial charge < -0.3 is 4.52 Å². The van der Waals surface area contributed by atoms with Gasteiger partial charge in [0.25, 0.3) is 15.0 Å². The summed E-state index contributed by atoms with van der Waals surface area (Å²) in [5.74, 6) is -0.545. The molecule has 0 spiro atoms. The Hall–Kier alpha value is -1.45. The molecule has 2 aromatic heterocycles. The van der Waals surface area contributed by atoms with Crippen LogP contribution in [-0.2, 0) is 9.05 Å². The van der Waals surface area contributed by atoms with Gasteiger partial charge in [-0.1, -0.05) is 16.5 Å². The summed E-state index contributed by atoms with van der Waals surface area (Å²) >= 11 is 0.771. The highest BCUT2D eigenvalue weighted by molar-refractivity contribution is 8.15. The Balaban J connectivity index is 2.24. The zero-order valence-corrected chi connectivity index (χ0v) is 11.3. The lowest BCUT2D eigenvalue weighted by molar-refractivity contribution is 0.101. The maximum atomic E-state index is 11.6. The Morgan fingerprint density at radius 3 is 2.78 bits per heavy atom. The minimum atomic E-state index is -3.86. The van der Waals surface area contributed by atoms with Gasteiger partial charge in [-0.15, -0.1) is 0 Å². The molecular weight excluding hydrogens is 302 g/mol. The molecule has 0 bridgehead atoms. The number of hydrogen-bond donors (Lipinski definition) is 1. The van der Waals surface area contributed by atoms with E-state index in [2.05, 4.69) is 20.0 Å². The SMILES string of the molecule is Cc1nc(NC(=O)c2ccon2)sc1S(=O)(=O)Cl. The van der Waals surface area contributed by atoms with Gasteiger partial charge in [-0.2, -0.15) is 0 Å². The number of aryl methyl sites for hydroxylation is 1. The Labute approximate surface area is 110 Å². The topological polar surface area (TPSA) is 102 Å². The summed E-state index contributed by atoms with van der Waals surface area (Å²) in [5.41, 5.74) is 0.295. The highest BCUT2D eigenvalue weighted by Crippen LogP contribution is 2.29. The summed E-state index contributed by atoms with van der Waals surface area (Å²) in [7, 11) is 1.36. The van der Waals surface area contributed by atoms with Crippen molar-refractivity contribution in [1.82, 2.24) is 10.1 Å². The Bertz CT molecular complexity index is 677. The van der Waals surface area contributed by atoms with Crippen molar-refractivity contribution in [3.8, 4) is 0 Å². The van der Waals surface area contributed by atoms with Crippen molar-refractivity contribution < 1.29 is 17.7 Å². The van der Waals surface area contributed by atoms with Gasteiger partial charge >= 0.3 is 0 Å². The van der Waals surface area contributed by atoms with E-state index < -0.39 is 15.0 Å². The molecule has 0 aromatic carbocycles. The molecule has 2 aromatic rings. The molecular formula is C8H6ClN3O4S2. The van der Waals surface area contributed by atoms with Crippen molar-refractivity contribution in [2.45, 2.75) is 11.1 Å². The van der Waals surface area contributed by atoms with Gasteiger partial charge in [-0.3, -0.25) is 10.1 Å². The van der Waals surface area contributed by atoms with Crippen LogP contribution < -0.4 is 5.32 Å². The number of carbonyl (C=O) groups is 1. The quantitative estimate of drug-likeness (QED) is 0.864. The van der Waals surface area contributed by atoms with Crippen LogP contribution in [-0.4, -0.2) is 24.5 Å². The molecule has 18 heavy (non-hydrogen) atoms. The largest absolute Gasteiger partial charge is 0.364 e. The van der Waals surface area contributed by atoms with Crippen molar-refractivity contribution in [2.75, 3.05) is 5.32 Å². The molecule has 0 atom stereocenters. The van der Waals surface area contributed by atoms with E-state index in [-0.39, 0.29) is 20.7 Å². The first-order valence-electron chi connectivity index (χ1n) is 4.52. The molecule has 1 amide bonds. The van der Waals surface area contributed by atoms with E-state index >= 15 is 0 Å². The van der Waals surface area contributed by atoms with E-state index in [1.807, 2.05) is 0 Å². The first kappa shape index (κ1) is 13.0. The molecule has 0 unspecified atom stereocenters. The molecule has 0 aliphatic carbocycles. The van der Waals surface area contributed by atoms with Crippen LogP contribution in [0.25, 0.3) is 0 Å². The second-order valence-corrected chi connectivity index (χ2v) is 6.93. The molecule has 96 valence electrons. The first-order valence-corrected chi connectivity index (χ1v) is 7.64. The smallest absolute Gasteiger partial charge is 0.279 e. The average Bonchev–Trinajstić information content (AvgIpc) is 2.85. The minimum Gasteiger partial charge on any atom is -0.364 e. The van der Waals surface area contributed by atoms with Gasteiger partial charge in [-0.25, -0.2) is 13.4 Å². The van der Waals surface area contributed by atoms with E-state index in [4.69, 9.17) is 10.7 Å². The monoisotopic (exact) mass is 307 g/mol. The third-order valence-electron chi connectivity index (χ3n) is 1.87. The average molecular weight is 308 g/mol. The van der Waals surface area contributed by atoms with Crippen LogP contribution in [0, 0.1) is 6.92 Å². The predicted octanol–water partition coefficient (Wildman–Crippen LogP) is 1.62. The third-order valence-corrected chi connectivity index (χ3v) is 5.12. The van der Waals surface area contributed by atoms with E-state index in [0.29, 0.717) is 0 Å².